The average Bonchev–Trinajstić information content (AvgIpc) is 2.49. The number of carbonyl (C=O) groups excluding carboxylic acids is 1. The Hall–Kier alpha value is -2.14. The first kappa shape index (κ1) is 13.8. The van der Waals surface area contributed by atoms with Crippen molar-refractivity contribution in [1.82, 2.24) is 10.4 Å². The first-order chi connectivity index (χ1) is 10.2. The van der Waals surface area contributed by atoms with Crippen molar-refractivity contribution in [2.24, 2.45) is 11.0 Å². The molecule has 0 fully saturated rings. The summed E-state index contributed by atoms with van der Waals surface area (Å²) in [5, 5.41) is 5.15. The summed E-state index contributed by atoms with van der Waals surface area (Å²) in [5.41, 5.74) is 4.53. The van der Waals surface area contributed by atoms with Crippen LogP contribution in [0.4, 0.5) is 0 Å². The van der Waals surface area contributed by atoms with E-state index in [2.05, 4.69) is 27.6 Å². The zero-order chi connectivity index (χ0) is 14.7. The molecule has 1 aliphatic rings. The summed E-state index contributed by atoms with van der Waals surface area (Å²) >= 11 is 1.62. The number of benzene rings is 1. The number of aromatic nitrogens is 1. The first-order valence-electron chi connectivity index (χ1n) is 6.78. The van der Waals surface area contributed by atoms with Crippen molar-refractivity contribution in [2.75, 3.05) is 0 Å². The van der Waals surface area contributed by atoms with Crippen LogP contribution in [0.2, 0.25) is 0 Å². The molecule has 0 saturated heterocycles. The number of nitrogens with zero attached hydrogens (tertiary/aromatic N) is 2. The second kappa shape index (κ2) is 6.10. The zero-order valence-electron chi connectivity index (χ0n) is 11.6. The number of pyridine rings is 1. The second-order valence-electron chi connectivity index (χ2n) is 4.93. The van der Waals surface area contributed by atoms with Crippen LogP contribution >= 0.6 is 11.8 Å². The SMILES string of the molecule is CC1CC(=O)NN=C1c1ccc(Sc2ccccn2)cc1. The number of carbonyl (C=O) groups is 1. The van der Waals surface area contributed by atoms with Gasteiger partial charge in [0.1, 0.15) is 5.03 Å². The zero-order valence-corrected chi connectivity index (χ0v) is 12.4. The van der Waals surface area contributed by atoms with Gasteiger partial charge in [0.05, 0.1) is 5.71 Å². The highest BCUT2D eigenvalue weighted by molar-refractivity contribution is 7.99. The maximum atomic E-state index is 11.3. The molecule has 0 aliphatic carbocycles. The molecule has 0 bridgehead atoms. The van der Waals surface area contributed by atoms with E-state index in [1.807, 2.05) is 37.3 Å². The van der Waals surface area contributed by atoms with E-state index >= 15 is 0 Å². The molecule has 1 atom stereocenters. The van der Waals surface area contributed by atoms with Gasteiger partial charge in [-0.2, -0.15) is 5.10 Å². The van der Waals surface area contributed by atoms with Gasteiger partial charge in [0.15, 0.2) is 0 Å². The molecule has 1 aromatic heterocycles. The van der Waals surface area contributed by atoms with Gasteiger partial charge in [-0.3, -0.25) is 4.79 Å². The van der Waals surface area contributed by atoms with E-state index in [4.69, 9.17) is 0 Å². The topological polar surface area (TPSA) is 54.4 Å². The highest BCUT2D eigenvalue weighted by Gasteiger charge is 2.21. The van der Waals surface area contributed by atoms with Crippen LogP contribution in [0, 0.1) is 5.92 Å². The number of amides is 1. The lowest BCUT2D eigenvalue weighted by Crippen LogP contribution is -2.31. The Kier molecular flexibility index (Phi) is 4.01. The van der Waals surface area contributed by atoms with Crippen molar-refractivity contribution in [3.8, 4) is 0 Å². The largest absolute Gasteiger partial charge is 0.273 e. The maximum absolute atomic E-state index is 11.3. The van der Waals surface area contributed by atoms with Gasteiger partial charge in [0.2, 0.25) is 5.91 Å². The molecule has 0 saturated carbocycles. The molecule has 5 heteroatoms. The minimum atomic E-state index is -0.0198. The van der Waals surface area contributed by atoms with Crippen LogP contribution in [-0.4, -0.2) is 16.6 Å². The van der Waals surface area contributed by atoms with Gasteiger partial charge in [-0.1, -0.05) is 36.9 Å². The van der Waals surface area contributed by atoms with Crippen molar-refractivity contribution < 1.29 is 4.79 Å². The van der Waals surface area contributed by atoms with E-state index in [-0.39, 0.29) is 11.8 Å². The second-order valence-corrected chi connectivity index (χ2v) is 6.03. The van der Waals surface area contributed by atoms with Crippen LogP contribution in [0.3, 0.4) is 0 Å². The van der Waals surface area contributed by atoms with Crippen LogP contribution in [0.1, 0.15) is 18.9 Å². The Morgan fingerprint density at radius 1 is 1.19 bits per heavy atom. The molecule has 0 spiro atoms. The Morgan fingerprint density at radius 2 is 2.00 bits per heavy atom. The summed E-state index contributed by atoms with van der Waals surface area (Å²) in [6.07, 6.45) is 2.28. The molecule has 1 amide bonds. The number of nitrogens with one attached hydrogen (secondary N) is 1. The molecule has 2 heterocycles. The predicted octanol–water partition coefficient (Wildman–Crippen LogP) is 3.09. The van der Waals surface area contributed by atoms with Gasteiger partial charge < -0.3 is 0 Å². The van der Waals surface area contributed by atoms with Crippen molar-refractivity contribution in [3.05, 3.63) is 54.2 Å². The van der Waals surface area contributed by atoms with Gasteiger partial charge in [-0.25, -0.2) is 10.4 Å². The number of hydrogen-bond acceptors (Lipinski definition) is 4. The summed E-state index contributed by atoms with van der Waals surface area (Å²) in [6.45, 7) is 2.02. The molecule has 3 rings (SSSR count). The molecule has 21 heavy (non-hydrogen) atoms. The van der Waals surface area contributed by atoms with E-state index in [0.717, 1.165) is 21.2 Å². The fraction of sp³-hybridized carbons (Fsp3) is 0.188. The molecule has 1 aromatic carbocycles. The number of hydrazone groups is 1. The fourth-order valence-corrected chi connectivity index (χ4v) is 3.00. The first-order valence-corrected chi connectivity index (χ1v) is 7.60. The van der Waals surface area contributed by atoms with Crippen LogP contribution in [0.5, 0.6) is 0 Å². The number of hydrogen-bond donors (Lipinski definition) is 1. The number of rotatable bonds is 3. The summed E-state index contributed by atoms with van der Waals surface area (Å²) < 4.78 is 0. The van der Waals surface area contributed by atoms with Gasteiger partial charge in [-0.05, 0) is 29.8 Å². The third kappa shape index (κ3) is 3.31. The third-order valence-electron chi connectivity index (χ3n) is 3.27. The highest BCUT2D eigenvalue weighted by Crippen LogP contribution is 2.26. The Balaban J connectivity index is 1.77. The van der Waals surface area contributed by atoms with Gasteiger partial charge in [0.25, 0.3) is 0 Å². The molecular weight excluding hydrogens is 282 g/mol. The van der Waals surface area contributed by atoms with Crippen molar-refractivity contribution in [1.29, 1.82) is 0 Å². The molecular formula is C16H15N3OS. The minimum Gasteiger partial charge on any atom is -0.273 e. The van der Waals surface area contributed by atoms with E-state index < -0.39 is 0 Å². The smallest absolute Gasteiger partial charge is 0.240 e. The Bertz CT molecular complexity index is 668. The van der Waals surface area contributed by atoms with Gasteiger partial charge >= 0.3 is 0 Å². The molecule has 4 nitrogen and oxygen atoms in total. The minimum absolute atomic E-state index is 0.0198. The van der Waals surface area contributed by atoms with Crippen LogP contribution in [0.25, 0.3) is 0 Å². The maximum Gasteiger partial charge on any atom is 0.240 e. The lowest BCUT2D eigenvalue weighted by Gasteiger charge is -2.19. The van der Waals surface area contributed by atoms with E-state index in [1.165, 1.54) is 0 Å². The molecule has 1 N–H and O–H groups in total. The van der Waals surface area contributed by atoms with Crippen molar-refractivity contribution in [3.63, 3.8) is 0 Å². The monoisotopic (exact) mass is 297 g/mol. The quantitative estimate of drug-likeness (QED) is 0.947. The van der Waals surface area contributed by atoms with E-state index in [9.17, 15) is 4.79 Å². The fourth-order valence-electron chi connectivity index (χ4n) is 2.22. The molecule has 1 aliphatic heterocycles. The molecule has 0 radical (unpaired) electrons. The highest BCUT2D eigenvalue weighted by atomic mass is 32.2. The third-order valence-corrected chi connectivity index (χ3v) is 4.23. The van der Waals surface area contributed by atoms with E-state index in [1.54, 1.807) is 18.0 Å². The van der Waals surface area contributed by atoms with Crippen LogP contribution in [-0.2, 0) is 4.79 Å². The molecule has 106 valence electrons. The molecule has 1 unspecified atom stereocenters. The Morgan fingerprint density at radius 3 is 2.67 bits per heavy atom. The van der Waals surface area contributed by atoms with Crippen molar-refractivity contribution >= 4 is 23.4 Å². The average molecular weight is 297 g/mol. The summed E-state index contributed by atoms with van der Waals surface area (Å²) in [5.74, 6) is 0.127. The van der Waals surface area contributed by atoms with Crippen LogP contribution in [0.15, 0.2) is 63.7 Å². The lowest BCUT2D eigenvalue weighted by atomic mass is 9.94. The lowest BCUT2D eigenvalue weighted by molar-refractivity contribution is -0.121. The molecule has 2 aromatic rings. The Labute approximate surface area is 127 Å². The summed E-state index contributed by atoms with van der Waals surface area (Å²) in [4.78, 5) is 16.7. The predicted molar refractivity (Wildman–Crippen MR) is 83.3 cm³/mol. The van der Waals surface area contributed by atoms with Crippen LogP contribution < -0.4 is 5.43 Å². The van der Waals surface area contributed by atoms with Gasteiger partial charge in [-0.15, -0.1) is 0 Å². The standard InChI is InChI=1S/C16H15N3OS/c1-11-10-14(20)18-19-16(11)12-5-7-13(8-6-12)21-15-4-2-3-9-17-15/h2-9,11H,10H2,1H3,(H,18,20). The summed E-state index contributed by atoms with van der Waals surface area (Å²) in [7, 11) is 0. The normalized spacial score (nSPS) is 18.0. The van der Waals surface area contributed by atoms with Gasteiger partial charge in [0, 0.05) is 23.4 Å². The summed E-state index contributed by atoms with van der Waals surface area (Å²) in [6, 6.07) is 14.1. The van der Waals surface area contributed by atoms with Crippen molar-refractivity contribution in [2.45, 2.75) is 23.3 Å². The van der Waals surface area contributed by atoms with E-state index in [0.29, 0.717) is 6.42 Å².